The van der Waals surface area contributed by atoms with Crippen molar-refractivity contribution in [1.29, 1.82) is 0 Å². The van der Waals surface area contributed by atoms with E-state index in [1.807, 2.05) is 0 Å². The minimum absolute atomic E-state index is 0.0934. The van der Waals surface area contributed by atoms with Gasteiger partial charge in [0.15, 0.2) is 5.75 Å². The number of nitrogens with zero attached hydrogens (tertiary/aromatic N) is 2. The van der Waals surface area contributed by atoms with Gasteiger partial charge in [-0.25, -0.2) is 5.01 Å². The van der Waals surface area contributed by atoms with Gasteiger partial charge in [-0.2, -0.15) is 0 Å². The molecule has 0 atom stereocenters. The van der Waals surface area contributed by atoms with Gasteiger partial charge in [-0.1, -0.05) is 22.0 Å². The lowest BCUT2D eigenvalue weighted by molar-refractivity contribution is -0.385. The summed E-state index contributed by atoms with van der Waals surface area (Å²) < 4.78 is 5.77. The Morgan fingerprint density at radius 3 is 2.50 bits per heavy atom. The van der Waals surface area contributed by atoms with Gasteiger partial charge < -0.3 is 4.74 Å². The van der Waals surface area contributed by atoms with Crippen LogP contribution in [0.15, 0.2) is 52.5 Å². The SMILES string of the molecule is COc1ccc(C=C2C(=O)NN(c3ccc(Br)cc3)C2=O)cc1[N+](=O)[O-]. The Bertz CT molecular complexity index is 940. The number of anilines is 1. The number of carbonyl (C=O) groups excluding carboxylic acids is 2. The van der Waals surface area contributed by atoms with Crippen molar-refractivity contribution < 1.29 is 19.2 Å². The van der Waals surface area contributed by atoms with Crippen LogP contribution in [-0.2, 0) is 9.59 Å². The number of carbonyl (C=O) groups is 2. The number of nitro groups is 1. The lowest BCUT2D eigenvalue weighted by Crippen LogP contribution is -2.35. The molecule has 2 aromatic carbocycles. The highest BCUT2D eigenvalue weighted by molar-refractivity contribution is 9.10. The van der Waals surface area contributed by atoms with Crippen molar-refractivity contribution in [3.05, 3.63) is 68.2 Å². The van der Waals surface area contributed by atoms with Gasteiger partial charge in [-0.3, -0.25) is 25.1 Å². The van der Waals surface area contributed by atoms with Crippen LogP contribution < -0.4 is 15.2 Å². The van der Waals surface area contributed by atoms with Gasteiger partial charge in [0.05, 0.1) is 17.7 Å². The number of rotatable bonds is 4. The van der Waals surface area contributed by atoms with Gasteiger partial charge >= 0.3 is 5.69 Å². The highest BCUT2D eigenvalue weighted by Gasteiger charge is 2.34. The number of benzene rings is 2. The summed E-state index contributed by atoms with van der Waals surface area (Å²) in [6.45, 7) is 0. The van der Waals surface area contributed by atoms with Crippen molar-refractivity contribution in [2.45, 2.75) is 0 Å². The number of hydrogen-bond donors (Lipinski definition) is 1. The second-order valence-electron chi connectivity index (χ2n) is 5.30. The van der Waals surface area contributed by atoms with E-state index in [1.165, 1.54) is 31.4 Å². The fourth-order valence-electron chi connectivity index (χ4n) is 2.44. The molecule has 3 rings (SSSR count). The predicted molar refractivity (Wildman–Crippen MR) is 97.4 cm³/mol. The van der Waals surface area contributed by atoms with Gasteiger partial charge in [0, 0.05) is 10.5 Å². The van der Waals surface area contributed by atoms with Gasteiger partial charge in [0.1, 0.15) is 5.57 Å². The van der Waals surface area contributed by atoms with E-state index < -0.39 is 16.7 Å². The second kappa shape index (κ2) is 6.96. The van der Waals surface area contributed by atoms with Gasteiger partial charge in [-0.15, -0.1) is 0 Å². The number of amides is 2. The number of methoxy groups -OCH3 is 1. The van der Waals surface area contributed by atoms with Crippen LogP contribution in [0, 0.1) is 10.1 Å². The van der Waals surface area contributed by atoms with Crippen molar-refractivity contribution >= 4 is 45.2 Å². The summed E-state index contributed by atoms with van der Waals surface area (Å²) in [7, 11) is 1.32. The fraction of sp³-hybridized carbons (Fsp3) is 0.0588. The maximum Gasteiger partial charge on any atom is 0.311 e. The molecule has 26 heavy (non-hydrogen) atoms. The quantitative estimate of drug-likeness (QED) is 0.356. The van der Waals surface area contributed by atoms with Gasteiger partial charge in [-0.05, 0) is 42.0 Å². The minimum atomic E-state index is -0.592. The van der Waals surface area contributed by atoms with E-state index in [4.69, 9.17) is 4.74 Å². The molecule has 0 aromatic heterocycles. The van der Waals surface area contributed by atoms with Crippen LogP contribution in [0.5, 0.6) is 5.75 Å². The third kappa shape index (κ3) is 3.29. The first-order valence-corrected chi connectivity index (χ1v) is 8.15. The van der Waals surface area contributed by atoms with Gasteiger partial charge in [0.25, 0.3) is 11.8 Å². The molecule has 2 amide bonds. The van der Waals surface area contributed by atoms with Crippen molar-refractivity contribution in [2.24, 2.45) is 0 Å². The summed E-state index contributed by atoms with van der Waals surface area (Å²) in [5.74, 6) is -1.04. The highest BCUT2D eigenvalue weighted by Crippen LogP contribution is 2.29. The predicted octanol–water partition coefficient (Wildman–Crippen LogP) is 2.83. The fourth-order valence-corrected chi connectivity index (χ4v) is 2.70. The summed E-state index contributed by atoms with van der Waals surface area (Å²) >= 11 is 3.30. The molecule has 0 aliphatic carbocycles. The number of nitrogens with one attached hydrogen (secondary N) is 1. The van der Waals surface area contributed by atoms with Crippen molar-refractivity contribution in [1.82, 2.24) is 5.43 Å². The molecule has 132 valence electrons. The molecule has 1 aliphatic heterocycles. The van der Waals surface area contributed by atoms with E-state index in [9.17, 15) is 19.7 Å². The second-order valence-corrected chi connectivity index (χ2v) is 6.22. The average Bonchev–Trinajstić information content (AvgIpc) is 2.90. The number of nitro benzene ring substituents is 1. The normalized spacial score (nSPS) is 15.3. The molecule has 0 bridgehead atoms. The van der Waals surface area contributed by atoms with Crippen LogP contribution in [0.4, 0.5) is 11.4 Å². The molecular weight excluding hydrogens is 406 g/mol. The summed E-state index contributed by atoms with van der Waals surface area (Å²) in [4.78, 5) is 35.2. The van der Waals surface area contributed by atoms with Crippen LogP contribution in [-0.4, -0.2) is 23.8 Å². The third-order valence-corrected chi connectivity index (χ3v) is 4.22. The first kappa shape index (κ1) is 17.6. The topological polar surface area (TPSA) is 102 Å². The van der Waals surface area contributed by atoms with Crippen LogP contribution in [0.1, 0.15) is 5.56 Å². The molecule has 0 radical (unpaired) electrons. The number of hydrogen-bond acceptors (Lipinski definition) is 5. The molecule has 0 saturated carbocycles. The van der Waals surface area contributed by atoms with E-state index in [-0.39, 0.29) is 17.0 Å². The van der Waals surface area contributed by atoms with Crippen molar-refractivity contribution in [3.8, 4) is 5.75 Å². The molecule has 1 fully saturated rings. The molecule has 2 aromatic rings. The number of hydrazine groups is 1. The Balaban J connectivity index is 1.95. The first-order valence-electron chi connectivity index (χ1n) is 7.36. The third-order valence-electron chi connectivity index (χ3n) is 3.69. The first-order chi connectivity index (χ1) is 12.4. The molecule has 1 heterocycles. The molecule has 1 N–H and O–H groups in total. The Morgan fingerprint density at radius 1 is 1.19 bits per heavy atom. The van der Waals surface area contributed by atoms with E-state index >= 15 is 0 Å². The molecular formula is C17H12BrN3O5. The lowest BCUT2D eigenvalue weighted by Gasteiger charge is -2.14. The maximum absolute atomic E-state index is 12.6. The Morgan fingerprint density at radius 2 is 1.88 bits per heavy atom. The molecule has 9 heteroatoms. The molecule has 1 aliphatic rings. The van der Waals surface area contributed by atoms with Crippen LogP contribution in [0.3, 0.4) is 0 Å². The molecule has 1 saturated heterocycles. The van der Waals surface area contributed by atoms with Crippen molar-refractivity contribution in [2.75, 3.05) is 12.1 Å². The summed E-state index contributed by atoms with van der Waals surface area (Å²) in [5.41, 5.74) is 2.94. The zero-order valence-electron chi connectivity index (χ0n) is 13.4. The van der Waals surface area contributed by atoms with Crippen LogP contribution >= 0.6 is 15.9 Å². The summed E-state index contributed by atoms with van der Waals surface area (Å²) in [5, 5.41) is 12.2. The minimum Gasteiger partial charge on any atom is -0.490 e. The van der Waals surface area contributed by atoms with E-state index in [0.29, 0.717) is 11.3 Å². The van der Waals surface area contributed by atoms with Gasteiger partial charge in [0.2, 0.25) is 0 Å². The zero-order chi connectivity index (χ0) is 18.8. The maximum atomic E-state index is 12.6. The Labute approximate surface area is 156 Å². The van der Waals surface area contributed by atoms with Crippen LogP contribution in [0.2, 0.25) is 0 Å². The van der Waals surface area contributed by atoms with Crippen LogP contribution in [0.25, 0.3) is 6.08 Å². The summed E-state index contributed by atoms with van der Waals surface area (Å²) in [6, 6.07) is 11.0. The monoisotopic (exact) mass is 417 g/mol. The largest absolute Gasteiger partial charge is 0.490 e. The number of halogens is 1. The Kier molecular flexibility index (Phi) is 4.72. The lowest BCUT2D eigenvalue weighted by atomic mass is 10.1. The smallest absolute Gasteiger partial charge is 0.311 e. The average molecular weight is 418 g/mol. The highest BCUT2D eigenvalue weighted by atomic mass is 79.9. The van der Waals surface area contributed by atoms with E-state index in [2.05, 4.69) is 21.4 Å². The Hall–Kier alpha value is -3.20. The molecule has 0 unspecified atom stereocenters. The van der Waals surface area contributed by atoms with Crippen molar-refractivity contribution in [3.63, 3.8) is 0 Å². The molecule has 8 nitrogen and oxygen atoms in total. The van der Waals surface area contributed by atoms with E-state index in [0.717, 1.165) is 9.48 Å². The zero-order valence-corrected chi connectivity index (χ0v) is 15.0. The number of ether oxygens (including phenoxy) is 1. The molecule has 0 spiro atoms. The summed E-state index contributed by atoms with van der Waals surface area (Å²) in [6.07, 6.45) is 1.31. The van der Waals surface area contributed by atoms with E-state index in [1.54, 1.807) is 24.3 Å². The standard InChI is InChI=1S/C17H12BrN3O5/c1-26-15-7-2-10(9-14(15)21(24)25)8-13-16(22)19-20(17(13)23)12-5-3-11(18)4-6-12/h2-9H,1H3,(H,19,22).